The number of aliphatic hydroxyl groups excluding tert-OH is 1. The van der Waals surface area contributed by atoms with Crippen molar-refractivity contribution in [2.75, 3.05) is 13.3 Å². The van der Waals surface area contributed by atoms with Gasteiger partial charge in [0.1, 0.15) is 5.69 Å². The zero-order valence-corrected chi connectivity index (χ0v) is 20.5. The predicted octanol–water partition coefficient (Wildman–Crippen LogP) is 3.40. The molecule has 11 nitrogen and oxygen atoms in total. The van der Waals surface area contributed by atoms with Gasteiger partial charge >= 0.3 is 18.1 Å². The minimum absolute atomic E-state index is 0.0382. The van der Waals surface area contributed by atoms with Crippen LogP contribution in [0, 0.1) is 5.92 Å². The monoisotopic (exact) mass is 512 g/mol. The zero-order chi connectivity index (χ0) is 27.1. The number of hydrogen-bond acceptors (Lipinski definition) is 9. The first kappa shape index (κ1) is 27.3. The summed E-state index contributed by atoms with van der Waals surface area (Å²) in [6.45, 7) is 6.11. The van der Waals surface area contributed by atoms with E-state index in [0.717, 1.165) is 12.8 Å². The molecular weight excluding hydrogens is 484 g/mol. The molecule has 1 aliphatic rings. The van der Waals surface area contributed by atoms with Crippen molar-refractivity contribution >= 4 is 30.1 Å². The number of carboxylic acids is 1. The van der Waals surface area contributed by atoms with Gasteiger partial charge in [-0.3, -0.25) is 4.79 Å². The van der Waals surface area contributed by atoms with Gasteiger partial charge in [-0.1, -0.05) is 12.7 Å². The highest BCUT2D eigenvalue weighted by Crippen LogP contribution is 2.31. The van der Waals surface area contributed by atoms with Crippen LogP contribution < -0.4 is 5.32 Å². The second-order valence-corrected chi connectivity index (χ2v) is 8.62. The third-order valence-corrected chi connectivity index (χ3v) is 5.46. The summed E-state index contributed by atoms with van der Waals surface area (Å²) >= 11 is 0. The standard InChI is InChI=1S/C26H28N2O9/c1-4-16-9-20(24(31)32)19(10-17(16)12-29)18-7-8-21(23(30)27-11-15-5-6-15)28-22(18)25(33)35-13-36-26(34)37-14(2)3/h4,7-10,14-15,29H,1,5-6,11-13H2,2-3H3,(H,27,30)(H,31,32). The van der Waals surface area contributed by atoms with Crippen LogP contribution in [0.25, 0.3) is 17.2 Å². The third kappa shape index (κ3) is 7.14. The molecule has 1 fully saturated rings. The van der Waals surface area contributed by atoms with Crippen LogP contribution in [0.2, 0.25) is 0 Å². The van der Waals surface area contributed by atoms with Crippen LogP contribution >= 0.6 is 0 Å². The van der Waals surface area contributed by atoms with Gasteiger partial charge in [0.2, 0.25) is 6.79 Å². The lowest BCUT2D eigenvalue weighted by Crippen LogP contribution is -2.27. The van der Waals surface area contributed by atoms with Gasteiger partial charge in [0.15, 0.2) is 5.69 Å². The fourth-order valence-corrected chi connectivity index (χ4v) is 3.42. The molecule has 0 bridgehead atoms. The van der Waals surface area contributed by atoms with Crippen LogP contribution in [0.4, 0.5) is 4.79 Å². The highest BCUT2D eigenvalue weighted by Gasteiger charge is 2.26. The van der Waals surface area contributed by atoms with Gasteiger partial charge in [-0.25, -0.2) is 19.4 Å². The number of carboxylic acid groups (broad SMARTS) is 1. The van der Waals surface area contributed by atoms with Crippen LogP contribution in [0.15, 0.2) is 30.8 Å². The van der Waals surface area contributed by atoms with E-state index < -0.39 is 43.5 Å². The SMILES string of the molecule is C=Cc1cc(C(=O)O)c(-c2ccc(C(=O)NCC3CC3)nc2C(=O)OCOC(=O)OC(C)C)cc1CO. The second-order valence-electron chi connectivity index (χ2n) is 8.62. The van der Waals surface area contributed by atoms with E-state index in [2.05, 4.69) is 16.9 Å². The first-order valence-electron chi connectivity index (χ1n) is 11.6. The summed E-state index contributed by atoms with van der Waals surface area (Å²) in [6.07, 6.45) is 1.95. The van der Waals surface area contributed by atoms with Crippen molar-refractivity contribution in [3.63, 3.8) is 0 Å². The molecule has 0 aliphatic heterocycles. The first-order chi connectivity index (χ1) is 17.6. The van der Waals surface area contributed by atoms with Crippen LogP contribution in [-0.4, -0.2) is 58.6 Å². The molecule has 0 atom stereocenters. The van der Waals surface area contributed by atoms with E-state index in [1.807, 2.05) is 0 Å². The lowest BCUT2D eigenvalue weighted by Gasteiger charge is -2.15. The Labute approximate surface area is 213 Å². The van der Waals surface area contributed by atoms with E-state index >= 15 is 0 Å². The summed E-state index contributed by atoms with van der Waals surface area (Å²) in [5.41, 5.74) is 0.207. The molecule has 2 aromatic rings. The third-order valence-electron chi connectivity index (χ3n) is 5.46. The van der Waals surface area contributed by atoms with E-state index in [9.17, 15) is 29.4 Å². The molecule has 1 aromatic carbocycles. The number of esters is 1. The number of aromatic carboxylic acids is 1. The normalized spacial score (nSPS) is 12.5. The first-order valence-corrected chi connectivity index (χ1v) is 11.6. The van der Waals surface area contributed by atoms with Gasteiger partial charge in [-0.2, -0.15) is 0 Å². The molecular formula is C26H28N2O9. The summed E-state index contributed by atoms with van der Waals surface area (Å²) < 4.78 is 14.5. The molecule has 196 valence electrons. The molecule has 3 rings (SSSR count). The maximum Gasteiger partial charge on any atom is 0.511 e. The topological polar surface area (TPSA) is 161 Å². The smallest absolute Gasteiger partial charge is 0.478 e. The van der Waals surface area contributed by atoms with Crippen LogP contribution in [0.1, 0.15) is 69.2 Å². The maximum absolute atomic E-state index is 13.0. The van der Waals surface area contributed by atoms with E-state index in [4.69, 9.17) is 14.2 Å². The number of carbonyl (C=O) groups excluding carboxylic acids is 3. The van der Waals surface area contributed by atoms with Crippen molar-refractivity contribution in [2.45, 2.75) is 39.4 Å². The Morgan fingerprint density at radius 1 is 1.16 bits per heavy atom. The fraction of sp³-hybridized carbons (Fsp3) is 0.346. The summed E-state index contributed by atoms with van der Waals surface area (Å²) in [5.74, 6) is -2.47. The molecule has 1 aliphatic carbocycles. The molecule has 37 heavy (non-hydrogen) atoms. The van der Waals surface area contributed by atoms with Crippen LogP contribution in [0.5, 0.6) is 0 Å². The van der Waals surface area contributed by atoms with Crippen molar-refractivity contribution in [3.8, 4) is 11.1 Å². The number of amides is 1. The maximum atomic E-state index is 13.0. The van der Waals surface area contributed by atoms with Crippen LogP contribution in [-0.2, 0) is 20.8 Å². The minimum Gasteiger partial charge on any atom is -0.478 e. The number of aliphatic hydroxyl groups is 1. The van der Waals surface area contributed by atoms with Gasteiger partial charge in [0.25, 0.3) is 5.91 Å². The lowest BCUT2D eigenvalue weighted by atomic mass is 9.92. The summed E-state index contributed by atoms with van der Waals surface area (Å²) in [6, 6.07) is 5.45. The number of ether oxygens (including phenoxy) is 3. The van der Waals surface area contributed by atoms with Crippen molar-refractivity contribution in [1.82, 2.24) is 10.3 Å². The Kier molecular flexibility index (Phi) is 8.96. The molecule has 0 radical (unpaired) electrons. The fourth-order valence-electron chi connectivity index (χ4n) is 3.42. The lowest BCUT2D eigenvalue weighted by molar-refractivity contribution is -0.0347. The highest BCUT2D eigenvalue weighted by molar-refractivity contribution is 6.03. The Balaban J connectivity index is 2.00. The summed E-state index contributed by atoms with van der Waals surface area (Å²) in [5, 5.41) is 22.3. The molecule has 1 saturated carbocycles. The summed E-state index contributed by atoms with van der Waals surface area (Å²) in [4.78, 5) is 53.4. The van der Waals surface area contributed by atoms with Gasteiger partial charge < -0.3 is 29.7 Å². The molecule has 0 unspecified atom stereocenters. The number of nitrogens with zero attached hydrogens (tertiary/aromatic N) is 1. The number of hydrogen-bond donors (Lipinski definition) is 3. The van der Waals surface area contributed by atoms with E-state index in [1.165, 1.54) is 30.3 Å². The quantitative estimate of drug-likeness (QED) is 0.300. The second kappa shape index (κ2) is 12.1. The number of benzene rings is 1. The molecule has 3 N–H and O–H groups in total. The Morgan fingerprint density at radius 2 is 1.89 bits per heavy atom. The van der Waals surface area contributed by atoms with Crippen molar-refractivity contribution in [1.29, 1.82) is 0 Å². The largest absolute Gasteiger partial charge is 0.511 e. The highest BCUT2D eigenvalue weighted by atomic mass is 16.8. The van der Waals surface area contributed by atoms with E-state index in [-0.39, 0.29) is 28.1 Å². The number of aromatic nitrogens is 1. The Bertz CT molecular complexity index is 1220. The molecule has 1 aromatic heterocycles. The predicted molar refractivity (Wildman–Crippen MR) is 131 cm³/mol. The summed E-state index contributed by atoms with van der Waals surface area (Å²) in [7, 11) is 0. The molecule has 0 saturated heterocycles. The molecule has 1 heterocycles. The van der Waals surface area contributed by atoms with Gasteiger partial charge in [-0.05, 0) is 73.6 Å². The van der Waals surface area contributed by atoms with E-state index in [0.29, 0.717) is 23.6 Å². The average molecular weight is 513 g/mol. The average Bonchev–Trinajstić information content (AvgIpc) is 3.70. The van der Waals surface area contributed by atoms with Crippen LogP contribution in [0.3, 0.4) is 0 Å². The van der Waals surface area contributed by atoms with Crippen molar-refractivity contribution in [2.24, 2.45) is 5.92 Å². The number of carbonyl (C=O) groups is 4. The number of pyridine rings is 1. The van der Waals surface area contributed by atoms with Gasteiger partial charge in [0.05, 0.1) is 18.3 Å². The molecule has 0 spiro atoms. The number of nitrogens with one attached hydrogen (secondary N) is 1. The zero-order valence-electron chi connectivity index (χ0n) is 20.5. The molecule has 1 amide bonds. The number of rotatable bonds is 11. The Morgan fingerprint density at radius 3 is 2.49 bits per heavy atom. The van der Waals surface area contributed by atoms with Gasteiger partial charge in [0, 0.05) is 12.1 Å². The van der Waals surface area contributed by atoms with Gasteiger partial charge in [-0.15, -0.1) is 0 Å². The molecule has 11 heteroatoms. The van der Waals surface area contributed by atoms with Crippen molar-refractivity contribution in [3.05, 3.63) is 58.9 Å². The van der Waals surface area contributed by atoms with E-state index in [1.54, 1.807) is 13.8 Å². The Hall–Kier alpha value is -4.25. The van der Waals surface area contributed by atoms with Crippen molar-refractivity contribution < 1.29 is 43.6 Å². The minimum atomic E-state index is -1.30.